The minimum atomic E-state index is -0.824. The molecule has 0 unspecified atom stereocenters. The molecule has 1 N–H and O–H groups in total. The second-order valence-corrected chi connectivity index (χ2v) is 2.89. The Bertz CT molecular complexity index is 305. The Labute approximate surface area is 86.2 Å². The molecule has 0 heterocycles. The van der Waals surface area contributed by atoms with Crippen molar-refractivity contribution in [3.63, 3.8) is 0 Å². The number of aliphatic hydroxyl groups is 1. The van der Waals surface area contributed by atoms with Gasteiger partial charge in [0.1, 0.15) is 6.61 Å². The first-order chi connectivity index (χ1) is 7.19. The van der Waals surface area contributed by atoms with Crippen molar-refractivity contribution in [1.29, 1.82) is 0 Å². The predicted molar refractivity (Wildman–Crippen MR) is 49.7 cm³/mol. The van der Waals surface area contributed by atoms with Gasteiger partial charge in [0.15, 0.2) is 17.4 Å². The van der Waals surface area contributed by atoms with Crippen LogP contribution < -0.4 is 4.74 Å². The molecule has 0 spiro atoms. The highest BCUT2D eigenvalue weighted by atomic mass is 19.1. The molecule has 0 fully saturated rings. The van der Waals surface area contributed by atoms with E-state index in [1.807, 2.05) is 0 Å². The van der Waals surface area contributed by atoms with Gasteiger partial charge in [-0.2, -0.15) is 0 Å². The maximum Gasteiger partial charge on any atom is 0.190 e. The number of methoxy groups -OCH3 is 1. The zero-order valence-electron chi connectivity index (χ0n) is 8.30. The van der Waals surface area contributed by atoms with Gasteiger partial charge in [0.05, 0.1) is 13.2 Å². The van der Waals surface area contributed by atoms with Gasteiger partial charge in [0, 0.05) is 7.11 Å². The van der Waals surface area contributed by atoms with E-state index in [0.29, 0.717) is 0 Å². The van der Waals surface area contributed by atoms with E-state index in [2.05, 4.69) is 4.74 Å². The van der Waals surface area contributed by atoms with Gasteiger partial charge in [0.2, 0.25) is 0 Å². The minimum absolute atomic E-state index is 0.0722. The minimum Gasteiger partial charge on any atom is -0.485 e. The number of hydrogen-bond acceptors (Lipinski definition) is 3. The maximum absolute atomic E-state index is 13.2. The zero-order valence-corrected chi connectivity index (χ0v) is 8.30. The number of ether oxygens (including phenoxy) is 2. The quantitative estimate of drug-likeness (QED) is 0.761. The molecule has 0 bridgehead atoms. The lowest BCUT2D eigenvalue weighted by atomic mass is 10.2. The van der Waals surface area contributed by atoms with Gasteiger partial charge in [-0.25, -0.2) is 8.78 Å². The summed E-state index contributed by atoms with van der Waals surface area (Å²) >= 11 is 0. The number of aliphatic hydroxyl groups excluding tert-OH is 1. The normalized spacial score (nSPS) is 10.4. The topological polar surface area (TPSA) is 38.7 Å². The first-order valence-corrected chi connectivity index (χ1v) is 4.39. The average molecular weight is 218 g/mol. The van der Waals surface area contributed by atoms with E-state index >= 15 is 0 Å². The molecular formula is C10H12F2O3. The highest BCUT2D eigenvalue weighted by molar-refractivity contribution is 5.31. The molecule has 1 aromatic carbocycles. The van der Waals surface area contributed by atoms with Crippen LogP contribution in [-0.4, -0.2) is 25.4 Å². The molecule has 3 nitrogen and oxygen atoms in total. The van der Waals surface area contributed by atoms with E-state index in [9.17, 15) is 8.78 Å². The Morgan fingerprint density at radius 1 is 1.20 bits per heavy atom. The second kappa shape index (κ2) is 5.63. The van der Waals surface area contributed by atoms with Crippen molar-refractivity contribution in [2.75, 3.05) is 20.3 Å². The second-order valence-electron chi connectivity index (χ2n) is 2.89. The van der Waals surface area contributed by atoms with E-state index in [-0.39, 0.29) is 18.8 Å². The molecule has 0 aliphatic carbocycles. The fourth-order valence-corrected chi connectivity index (χ4v) is 1.07. The fraction of sp³-hybridized carbons (Fsp3) is 0.400. The van der Waals surface area contributed by atoms with Crippen molar-refractivity contribution in [1.82, 2.24) is 0 Å². The molecule has 0 saturated carbocycles. The van der Waals surface area contributed by atoms with Gasteiger partial charge < -0.3 is 14.6 Å². The molecule has 0 amide bonds. The Morgan fingerprint density at radius 3 is 2.27 bits per heavy atom. The van der Waals surface area contributed by atoms with Crippen molar-refractivity contribution in [2.24, 2.45) is 0 Å². The van der Waals surface area contributed by atoms with Crippen molar-refractivity contribution in [3.05, 3.63) is 29.3 Å². The van der Waals surface area contributed by atoms with Gasteiger partial charge in [-0.3, -0.25) is 0 Å². The van der Waals surface area contributed by atoms with E-state index < -0.39 is 24.0 Å². The fourth-order valence-electron chi connectivity index (χ4n) is 1.07. The lowest BCUT2D eigenvalue weighted by Gasteiger charge is -2.08. The molecule has 0 atom stereocenters. The Balaban J connectivity index is 2.79. The SMILES string of the molecule is COCCOc1c(F)cc(CO)cc1F. The lowest BCUT2D eigenvalue weighted by Crippen LogP contribution is -2.07. The van der Waals surface area contributed by atoms with Crippen molar-refractivity contribution in [2.45, 2.75) is 6.61 Å². The number of halogens is 2. The summed E-state index contributed by atoms with van der Waals surface area (Å²) < 4.78 is 35.9. The first kappa shape index (κ1) is 11.9. The zero-order chi connectivity index (χ0) is 11.3. The number of rotatable bonds is 5. The Morgan fingerprint density at radius 2 is 1.80 bits per heavy atom. The van der Waals surface area contributed by atoms with E-state index in [4.69, 9.17) is 9.84 Å². The number of hydrogen-bond donors (Lipinski definition) is 1. The Kier molecular flexibility index (Phi) is 4.45. The third kappa shape index (κ3) is 3.14. The van der Waals surface area contributed by atoms with Crippen LogP contribution in [0.3, 0.4) is 0 Å². The van der Waals surface area contributed by atoms with Gasteiger partial charge in [-0.15, -0.1) is 0 Å². The summed E-state index contributed by atoms with van der Waals surface area (Å²) in [7, 11) is 1.46. The summed E-state index contributed by atoms with van der Waals surface area (Å²) in [6, 6.07) is 2.07. The molecule has 1 aromatic rings. The summed E-state index contributed by atoms with van der Waals surface area (Å²) in [6.07, 6.45) is 0. The summed E-state index contributed by atoms with van der Waals surface area (Å²) in [6.45, 7) is -0.0877. The van der Waals surface area contributed by atoms with Crippen LogP contribution in [0.1, 0.15) is 5.56 Å². The number of benzene rings is 1. The summed E-state index contributed by atoms with van der Waals surface area (Å²) in [4.78, 5) is 0. The average Bonchev–Trinajstić information content (AvgIpc) is 2.22. The third-order valence-electron chi connectivity index (χ3n) is 1.77. The van der Waals surface area contributed by atoms with Gasteiger partial charge in [-0.05, 0) is 17.7 Å². The largest absolute Gasteiger partial charge is 0.485 e. The van der Waals surface area contributed by atoms with E-state index in [1.54, 1.807) is 0 Å². The molecular weight excluding hydrogens is 206 g/mol. The highest BCUT2D eigenvalue weighted by Crippen LogP contribution is 2.23. The van der Waals surface area contributed by atoms with Crippen LogP contribution in [0.15, 0.2) is 12.1 Å². The first-order valence-electron chi connectivity index (χ1n) is 4.39. The molecule has 0 aliphatic rings. The van der Waals surface area contributed by atoms with Crippen LogP contribution in [0.25, 0.3) is 0 Å². The highest BCUT2D eigenvalue weighted by Gasteiger charge is 2.12. The van der Waals surface area contributed by atoms with Crippen molar-refractivity contribution < 1.29 is 23.4 Å². The van der Waals surface area contributed by atoms with E-state index in [0.717, 1.165) is 12.1 Å². The van der Waals surface area contributed by atoms with Gasteiger partial charge in [0.25, 0.3) is 0 Å². The van der Waals surface area contributed by atoms with Crippen LogP contribution in [0.2, 0.25) is 0 Å². The Hall–Kier alpha value is -1.20. The molecule has 1 rings (SSSR count). The monoisotopic (exact) mass is 218 g/mol. The molecule has 5 heteroatoms. The van der Waals surface area contributed by atoms with E-state index in [1.165, 1.54) is 7.11 Å². The standard InChI is InChI=1S/C10H12F2O3/c1-14-2-3-15-10-8(11)4-7(6-13)5-9(10)12/h4-5,13H,2-3,6H2,1H3. The molecule has 0 radical (unpaired) electrons. The smallest absolute Gasteiger partial charge is 0.190 e. The maximum atomic E-state index is 13.2. The molecule has 0 saturated heterocycles. The molecule has 0 aromatic heterocycles. The third-order valence-corrected chi connectivity index (χ3v) is 1.77. The summed E-state index contributed by atoms with van der Waals surface area (Å²) in [5.74, 6) is -2.09. The lowest BCUT2D eigenvalue weighted by molar-refractivity contribution is 0.141. The van der Waals surface area contributed by atoms with Gasteiger partial charge in [-0.1, -0.05) is 0 Å². The predicted octanol–water partition coefficient (Wildman–Crippen LogP) is 1.48. The molecule has 0 aliphatic heterocycles. The van der Waals surface area contributed by atoms with Crippen LogP contribution in [0.4, 0.5) is 8.78 Å². The van der Waals surface area contributed by atoms with Crippen LogP contribution >= 0.6 is 0 Å². The summed E-state index contributed by atoms with van der Waals surface area (Å²) in [5, 5.41) is 8.70. The van der Waals surface area contributed by atoms with Gasteiger partial charge >= 0.3 is 0 Å². The van der Waals surface area contributed by atoms with Crippen molar-refractivity contribution >= 4 is 0 Å². The summed E-state index contributed by atoms with van der Waals surface area (Å²) in [5.41, 5.74) is 0.170. The molecule has 84 valence electrons. The van der Waals surface area contributed by atoms with Crippen molar-refractivity contribution in [3.8, 4) is 5.75 Å². The van der Waals surface area contributed by atoms with Crippen LogP contribution in [0, 0.1) is 11.6 Å². The van der Waals surface area contributed by atoms with Crippen LogP contribution in [0.5, 0.6) is 5.75 Å². The van der Waals surface area contributed by atoms with Crippen LogP contribution in [-0.2, 0) is 11.3 Å². The molecule has 15 heavy (non-hydrogen) atoms.